The molecule has 1 saturated heterocycles. The number of pyridine rings is 1. The highest BCUT2D eigenvalue weighted by Crippen LogP contribution is 2.28. The van der Waals surface area contributed by atoms with Crippen LogP contribution in [0.2, 0.25) is 0 Å². The Kier molecular flexibility index (Phi) is 4.22. The fourth-order valence-corrected chi connectivity index (χ4v) is 3.76. The number of hydrogen-bond acceptors (Lipinski definition) is 3. The van der Waals surface area contributed by atoms with Gasteiger partial charge in [0.25, 0.3) is 0 Å². The number of hydrogen-bond donors (Lipinski definition) is 0. The number of imidazole rings is 1. The predicted octanol–water partition coefficient (Wildman–Crippen LogP) is 4.52. The number of likely N-dealkylation sites (tertiary alicyclic amines) is 1. The van der Waals surface area contributed by atoms with Gasteiger partial charge in [0.15, 0.2) is 0 Å². The van der Waals surface area contributed by atoms with Crippen LogP contribution in [-0.4, -0.2) is 33.1 Å². The van der Waals surface area contributed by atoms with Gasteiger partial charge in [-0.25, -0.2) is 4.98 Å². The SMILES string of the molecule is Cc1cc(-c2cn3ccccc3n2)ccc1OC(C)N1CCCC1C. The summed E-state index contributed by atoms with van der Waals surface area (Å²) < 4.78 is 8.30. The molecule has 1 aliphatic rings. The molecule has 0 spiro atoms. The molecule has 0 bridgehead atoms. The predicted molar refractivity (Wildman–Crippen MR) is 101 cm³/mol. The van der Waals surface area contributed by atoms with Crippen LogP contribution in [0.3, 0.4) is 0 Å². The summed E-state index contributed by atoms with van der Waals surface area (Å²) in [5, 5.41) is 0. The van der Waals surface area contributed by atoms with Gasteiger partial charge in [0.05, 0.1) is 5.69 Å². The summed E-state index contributed by atoms with van der Waals surface area (Å²) in [6.07, 6.45) is 6.73. The fraction of sp³-hybridized carbons (Fsp3) is 0.381. The number of ether oxygens (including phenoxy) is 1. The molecule has 4 nitrogen and oxygen atoms in total. The van der Waals surface area contributed by atoms with Gasteiger partial charge in [-0.3, -0.25) is 4.90 Å². The topological polar surface area (TPSA) is 29.8 Å². The molecular formula is C21H25N3O. The van der Waals surface area contributed by atoms with E-state index in [2.05, 4.69) is 50.1 Å². The molecule has 1 aromatic carbocycles. The Bertz CT molecular complexity index is 853. The lowest BCUT2D eigenvalue weighted by Crippen LogP contribution is -2.39. The van der Waals surface area contributed by atoms with Crippen molar-refractivity contribution in [1.82, 2.24) is 14.3 Å². The van der Waals surface area contributed by atoms with Gasteiger partial charge in [-0.05, 0) is 69.5 Å². The Hall–Kier alpha value is -2.33. The van der Waals surface area contributed by atoms with Crippen molar-refractivity contribution in [1.29, 1.82) is 0 Å². The second kappa shape index (κ2) is 6.52. The van der Waals surface area contributed by atoms with E-state index in [0.717, 1.165) is 34.8 Å². The van der Waals surface area contributed by atoms with E-state index in [1.807, 2.05) is 28.8 Å². The molecule has 0 saturated carbocycles. The molecule has 0 radical (unpaired) electrons. The van der Waals surface area contributed by atoms with Crippen LogP contribution < -0.4 is 4.74 Å². The monoisotopic (exact) mass is 335 g/mol. The van der Waals surface area contributed by atoms with E-state index in [0.29, 0.717) is 6.04 Å². The van der Waals surface area contributed by atoms with E-state index in [1.165, 1.54) is 12.8 Å². The van der Waals surface area contributed by atoms with E-state index in [4.69, 9.17) is 9.72 Å². The van der Waals surface area contributed by atoms with E-state index in [1.54, 1.807) is 0 Å². The molecule has 0 aliphatic carbocycles. The maximum absolute atomic E-state index is 6.25. The first kappa shape index (κ1) is 16.2. The van der Waals surface area contributed by atoms with E-state index in [9.17, 15) is 0 Å². The second-order valence-electron chi connectivity index (χ2n) is 7.02. The lowest BCUT2D eigenvalue weighted by Gasteiger charge is -2.29. The first-order valence-electron chi connectivity index (χ1n) is 9.09. The zero-order valence-electron chi connectivity index (χ0n) is 15.1. The average Bonchev–Trinajstić information content (AvgIpc) is 3.22. The normalized spacial score (nSPS) is 19.4. The third-order valence-electron chi connectivity index (χ3n) is 5.20. The highest BCUT2D eigenvalue weighted by Gasteiger charge is 2.26. The molecule has 3 aromatic rings. The Morgan fingerprint density at radius 1 is 1.24 bits per heavy atom. The van der Waals surface area contributed by atoms with Gasteiger partial charge in [-0.2, -0.15) is 0 Å². The Balaban J connectivity index is 1.56. The third kappa shape index (κ3) is 3.14. The van der Waals surface area contributed by atoms with Crippen molar-refractivity contribution < 1.29 is 4.74 Å². The average molecular weight is 335 g/mol. The van der Waals surface area contributed by atoms with Crippen molar-refractivity contribution in [2.24, 2.45) is 0 Å². The smallest absolute Gasteiger partial charge is 0.150 e. The minimum Gasteiger partial charge on any atom is -0.475 e. The van der Waals surface area contributed by atoms with Crippen LogP contribution in [0.5, 0.6) is 5.75 Å². The zero-order valence-corrected chi connectivity index (χ0v) is 15.1. The van der Waals surface area contributed by atoms with E-state index >= 15 is 0 Å². The Morgan fingerprint density at radius 2 is 2.12 bits per heavy atom. The lowest BCUT2D eigenvalue weighted by atomic mass is 10.1. The number of aromatic nitrogens is 2. The Labute approximate surface area is 149 Å². The van der Waals surface area contributed by atoms with Crippen LogP contribution in [-0.2, 0) is 0 Å². The fourth-order valence-electron chi connectivity index (χ4n) is 3.76. The van der Waals surface area contributed by atoms with Gasteiger partial charge in [0, 0.05) is 30.5 Å². The van der Waals surface area contributed by atoms with Gasteiger partial charge < -0.3 is 9.14 Å². The van der Waals surface area contributed by atoms with Crippen LogP contribution in [0, 0.1) is 6.92 Å². The minimum absolute atomic E-state index is 0.109. The van der Waals surface area contributed by atoms with Crippen LogP contribution in [0.1, 0.15) is 32.3 Å². The van der Waals surface area contributed by atoms with Gasteiger partial charge >= 0.3 is 0 Å². The van der Waals surface area contributed by atoms with Crippen molar-refractivity contribution >= 4 is 5.65 Å². The summed E-state index contributed by atoms with van der Waals surface area (Å²) in [7, 11) is 0. The van der Waals surface area contributed by atoms with Crippen molar-refractivity contribution in [3.63, 3.8) is 0 Å². The second-order valence-corrected chi connectivity index (χ2v) is 7.02. The number of benzene rings is 1. The highest BCUT2D eigenvalue weighted by molar-refractivity contribution is 5.64. The standard InChI is InChI=1S/C21H25N3O/c1-15-13-18(19-14-23-11-5-4-8-21(23)22-19)9-10-20(15)25-17(3)24-12-6-7-16(24)2/h4-5,8-11,13-14,16-17H,6-7,12H2,1-3H3. The third-order valence-corrected chi connectivity index (χ3v) is 5.20. The van der Waals surface area contributed by atoms with Crippen LogP contribution in [0.25, 0.3) is 16.9 Å². The molecule has 0 N–H and O–H groups in total. The Morgan fingerprint density at radius 3 is 2.84 bits per heavy atom. The van der Waals surface area contributed by atoms with Crippen molar-refractivity contribution in [3.8, 4) is 17.0 Å². The number of rotatable bonds is 4. The highest BCUT2D eigenvalue weighted by atomic mass is 16.5. The molecule has 3 heterocycles. The molecule has 4 rings (SSSR count). The summed E-state index contributed by atoms with van der Waals surface area (Å²) in [5.41, 5.74) is 4.22. The first-order valence-corrected chi connectivity index (χ1v) is 9.09. The van der Waals surface area contributed by atoms with Crippen LogP contribution in [0.15, 0.2) is 48.8 Å². The molecule has 2 unspecified atom stereocenters. The minimum atomic E-state index is 0.109. The summed E-state index contributed by atoms with van der Waals surface area (Å²) in [6, 6.07) is 13.0. The van der Waals surface area contributed by atoms with Gasteiger partial charge in [0.1, 0.15) is 17.6 Å². The van der Waals surface area contributed by atoms with Gasteiger partial charge in [0.2, 0.25) is 0 Å². The summed E-state index contributed by atoms with van der Waals surface area (Å²) >= 11 is 0. The van der Waals surface area contributed by atoms with E-state index in [-0.39, 0.29) is 6.23 Å². The summed E-state index contributed by atoms with van der Waals surface area (Å²) in [5.74, 6) is 0.958. The van der Waals surface area contributed by atoms with Gasteiger partial charge in [-0.15, -0.1) is 0 Å². The number of nitrogens with zero attached hydrogens (tertiary/aromatic N) is 3. The van der Waals surface area contributed by atoms with Gasteiger partial charge in [-0.1, -0.05) is 6.07 Å². The van der Waals surface area contributed by atoms with Crippen molar-refractivity contribution in [2.75, 3.05) is 6.54 Å². The molecular weight excluding hydrogens is 310 g/mol. The molecule has 4 heteroatoms. The largest absolute Gasteiger partial charge is 0.475 e. The molecule has 2 aromatic heterocycles. The quantitative estimate of drug-likeness (QED) is 0.702. The lowest BCUT2D eigenvalue weighted by molar-refractivity contribution is 0.0345. The number of aryl methyl sites for hydroxylation is 1. The molecule has 25 heavy (non-hydrogen) atoms. The van der Waals surface area contributed by atoms with Crippen molar-refractivity contribution in [2.45, 2.75) is 45.9 Å². The van der Waals surface area contributed by atoms with Crippen molar-refractivity contribution in [3.05, 3.63) is 54.4 Å². The summed E-state index contributed by atoms with van der Waals surface area (Å²) in [6.45, 7) is 7.67. The van der Waals surface area contributed by atoms with Crippen LogP contribution in [0.4, 0.5) is 0 Å². The summed E-state index contributed by atoms with van der Waals surface area (Å²) in [4.78, 5) is 7.14. The maximum Gasteiger partial charge on any atom is 0.150 e. The molecule has 1 aliphatic heterocycles. The molecule has 130 valence electrons. The maximum atomic E-state index is 6.25. The molecule has 2 atom stereocenters. The zero-order chi connectivity index (χ0) is 17.4. The molecule has 1 fully saturated rings. The number of fused-ring (bicyclic) bond motifs is 1. The molecule has 0 amide bonds. The van der Waals surface area contributed by atoms with Crippen LogP contribution >= 0.6 is 0 Å². The van der Waals surface area contributed by atoms with E-state index < -0.39 is 0 Å². The first-order chi connectivity index (χ1) is 12.1.